The number of aryl methyl sites for hydroxylation is 1. The first-order valence-corrected chi connectivity index (χ1v) is 4.36. The molecule has 0 bridgehead atoms. The predicted octanol–water partition coefficient (Wildman–Crippen LogP) is 2.03. The van der Waals surface area contributed by atoms with Crippen molar-refractivity contribution in [3.63, 3.8) is 0 Å². The van der Waals surface area contributed by atoms with Gasteiger partial charge in [0.05, 0.1) is 17.3 Å². The second-order valence-corrected chi connectivity index (χ2v) is 3.44. The number of nitrogens with zero attached hydrogens (tertiary/aromatic N) is 3. The summed E-state index contributed by atoms with van der Waals surface area (Å²) in [5.74, 6) is 1.20. The van der Waals surface area contributed by atoms with Crippen LogP contribution in [0.5, 0.6) is 0 Å². The molecule has 0 saturated carbocycles. The van der Waals surface area contributed by atoms with Gasteiger partial charge in [0, 0.05) is 1.43 Å². The molecule has 0 spiro atoms. The molecule has 2 heterocycles. The lowest BCUT2D eigenvalue weighted by Crippen LogP contribution is -1.98. The van der Waals surface area contributed by atoms with Crippen LogP contribution in [0.1, 0.15) is 32.7 Å². The zero-order valence-corrected chi connectivity index (χ0v) is 8.00. The Labute approximate surface area is 77.9 Å². The Morgan fingerprint density at radius 1 is 1.38 bits per heavy atom. The van der Waals surface area contributed by atoms with Crippen molar-refractivity contribution in [3.05, 3.63) is 17.7 Å². The normalized spacial score (nSPS) is 11.4. The van der Waals surface area contributed by atoms with Gasteiger partial charge in [-0.15, -0.1) is 0 Å². The highest BCUT2D eigenvalue weighted by atomic mass is 15.1. The van der Waals surface area contributed by atoms with Gasteiger partial charge in [-0.1, -0.05) is 13.8 Å². The standard InChI is InChI=1S/C9H12N4.H2/c1-5(2)8-7-4-10-13-9(7)12-6(3)11-8;/h4-5H,1-3H3,(H,10,11,12,13);1H. The Morgan fingerprint density at radius 2 is 2.15 bits per heavy atom. The lowest BCUT2D eigenvalue weighted by Gasteiger charge is -2.05. The van der Waals surface area contributed by atoms with Crippen molar-refractivity contribution in [2.45, 2.75) is 26.7 Å². The number of hydrogen-bond donors (Lipinski definition) is 1. The maximum Gasteiger partial charge on any atom is 0.159 e. The first-order chi connectivity index (χ1) is 6.18. The van der Waals surface area contributed by atoms with Crippen LogP contribution < -0.4 is 0 Å². The summed E-state index contributed by atoms with van der Waals surface area (Å²) in [5, 5.41) is 7.84. The molecule has 13 heavy (non-hydrogen) atoms. The summed E-state index contributed by atoms with van der Waals surface area (Å²) in [6.07, 6.45) is 1.78. The molecule has 0 unspecified atom stereocenters. The predicted molar refractivity (Wildman–Crippen MR) is 52.6 cm³/mol. The largest absolute Gasteiger partial charge is 0.261 e. The van der Waals surface area contributed by atoms with Gasteiger partial charge in [-0.2, -0.15) is 5.10 Å². The summed E-state index contributed by atoms with van der Waals surface area (Å²) in [6, 6.07) is 0. The highest BCUT2D eigenvalue weighted by Gasteiger charge is 2.09. The van der Waals surface area contributed by atoms with Crippen molar-refractivity contribution in [2.75, 3.05) is 0 Å². The topological polar surface area (TPSA) is 54.5 Å². The van der Waals surface area contributed by atoms with Gasteiger partial charge in [0.15, 0.2) is 5.65 Å². The van der Waals surface area contributed by atoms with Crippen LogP contribution in [0, 0.1) is 6.92 Å². The molecule has 0 amide bonds. The van der Waals surface area contributed by atoms with E-state index >= 15 is 0 Å². The third-order valence-electron chi connectivity index (χ3n) is 2.00. The van der Waals surface area contributed by atoms with Crippen molar-refractivity contribution < 1.29 is 1.43 Å². The van der Waals surface area contributed by atoms with E-state index in [9.17, 15) is 0 Å². The number of aromatic nitrogens is 4. The minimum atomic E-state index is 0. The highest BCUT2D eigenvalue weighted by Crippen LogP contribution is 2.20. The monoisotopic (exact) mass is 178 g/mol. The summed E-state index contributed by atoms with van der Waals surface area (Å²) in [4.78, 5) is 8.65. The first kappa shape index (κ1) is 8.16. The third-order valence-corrected chi connectivity index (χ3v) is 2.00. The third kappa shape index (κ3) is 1.28. The van der Waals surface area contributed by atoms with E-state index in [4.69, 9.17) is 0 Å². The van der Waals surface area contributed by atoms with Crippen molar-refractivity contribution in [3.8, 4) is 0 Å². The minimum absolute atomic E-state index is 0. The van der Waals surface area contributed by atoms with E-state index < -0.39 is 0 Å². The second kappa shape index (κ2) is 2.80. The molecule has 0 radical (unpaired) electrons. The van der Waals surface area contributed by atoms with Crippen LogP contribution >= 0.6 is 0 Å². The van der Waals surface area contributed by atoms with E-state index in [1.54, 1.807) is 6.20 Å². The molecule has 0 aliphatic carbocycles. The second-order valence-electron chi connectivity index (χ2n) is 3.44. The van der Waals surface area contributed by atoms with Crippen molar-refractivity contribution in [1.82, 2.24) is 20.2 Å². The quantitative estimate of drug-likeness (QED) is 0.727. The highest BCUT2D eigenvalue weighted by molar-refractivity contribution is 5.76. The van der Waals surface area contributed by atoms with Crippen LogP contribution in [0.3, 0.4) is 0 Å². The zero-order chi connectivity index (χ0) is 9.42. The zero-order valence-electron chi connectivity index (χ0n) is 8.00. The molecular weight excluding hydrogens is 164 g/mol. The van der Waals surface area contributed by atoms with Gasteiger partial charge in [0.25, 0.3) is 0 Å². The van der Waals surface area contributed by atoms with E-state index in [0.717, 1.165) is 22.6 Å². The molecule has 70 valence electrons. The average molecular weight is 178 g/mol. The van der Waals surface area contributed by atoms with Crippen LogP contribution in [0.15, 0.2) is 6.20 Å². The molecule has 0 fully saturated rings. The minimum Gasteiger partial charge on any atom is -0.261 e. The van der Waals surface area contributed by atoms with Crippen LogP contribution in [-0.2, 0) is 0 Å². The molecule has 0 aliphatic rings. The van der Waals surface area contributed by atoms with Crippen molar-refractivity contribution in [2.24, 2.45) is 0 Å². The molecule has 0 aromatic carbocycles. The van der Waals surface area contributed by atoms with Gasteiger partial charge >= 0.3 is 0 Å². The molecule has 1 N–H and O–H groups in total. The fourth-order valence-corrected chi connectivity index (χ4v) is 1.41. The van der Waals surface area contributed by atoms with Gasteiger partial charge in [0.1, 0.15) is 5.82 Å². The van der Waals surface area contributed by atoms with Gasteiger partial charge < -0.3 is 0 Å². The fourth-order valence-electron chi connectivity index (χ4n) is 1.41. The lowest BCUT2D eigenvalue weighted by atomic mass is 10.1. The number of aromatic amines is 1. The maximum absolute atomic E-state index is 4.40. The number of H-pyrrole nitrogens is 1. The maximum atomic E-state index is 4.40. The molecule has 2 aromatic rings. The Balaban J connectivity index is 0.000000980. The smallest absolute Gasteiger partial charge is 0.159 e. The summed E-state index contributed by atoms with van der Waals surface area (Å²) in [7, 11) is 0. The Hall–Kier alpha value is -1.45. The molecule has 2 rings (SSSR count). The summed E-state index contributed by atoms with van der Waals surface area (Å²) in [6.45, 7) is 6.13. The molecular formula is C9H14N4. The van der Waals surface area contributed by atoms with E-state index in [-0.39, 0.29) is 1.43 Å². The van der Waals surface area contributed by atoms with Gasteiger partial charge in [-0.05, 0) is 12.8 Å². The van der Waals surface area contributed by atoms with E-state index in [1.807, 2.05) is 6.92 Å². The first-order valence-electron chi connectivity index (χ1n) is 4.36. The van der Waals surface area contributed by atoms with Crippen LogP contribution in [-0.4, -0.2) is 20.2 Å². The molecule has 4 nitrogen and oxygen atoms in total. The van der Waals surface area contributed by atoms with E-state index in [0.29, 0.717) is 5.92 Å². The molecule has 4 heteroatoms. The number of fused-ring (bicyclic) bond motifs is 1. The van der Waals surface area contributed by atoms with Crippen molar-refractivity contribution in [1.29, 1.82) is 0 Å². The Bertz CT molecular complexity index is 435. The molecule has 2 aromatic heterocycles. The van der Waals surface area contributed by atoms with E-state index in [2.05, 4.69) is 34.0 Å². The van der Waals surface area contributed by atoms with Crippen molar-refractivity contribution >= 4 is 11.0 Å². The van der Waals surface area contributed by atoms with Gasteiger partial charge in [0.2, 0.25) is 0 Å². The Kier molecular flexibility index (Phi) is 1.76. The SMILES string of the molecule is Cc1nc(C(C)C)c2cn[nH]c2n1.[HH]. The summed E-state index contributed by atoms with van der Waals surface area (Å²) in [5.41, 5.74) is 1.90. The number of hydrogen-bond acceptors (Lipinski definition) is 3. The summed E-state index contributed by atoms with van der Waals surface area (Å²) < 4.78 is 0. The molecule has 0 saturated heterocycles. The lowest BCUT2D eigenvalue weighted by molar-refractivity contribution is 0.817. The van der Waals surface area contributed by atoms with Gasteiger partial charge in [-0.3, -0.25) is 5.10 Å². The van der Waals surface area contributed by atoms with E-state index in [1.165, 1.54) is 0 Å². The fraction of sp³-hybridized carbons (Fsp3) is 0.444. The van der Waals surface area contributed by atoms with Gasteiger partial charge in [-0.25, -0.2) is 9.97 Å². The number of nitrogens with one attached hydrogen (secondary N) is 1. The Morgan fingerprint density at radius 3 is 2.85 bits per heavy atom. The summed E-state index contributed by atoms with van der Waals surface area (Å²) >= 11 is 0. The van der Waals surface area contributed by atoms with Crippen LogP contribution in [0.4, 0.5) is 0 Å². The molecule has 0 aliphatic heterocycles. The molecule has 0 atom stereocenters. The van der Waals surface area contributed by atoms with Crippen LogP contribution in [0.25, 0.3) is 11.0 Å². The van der Waals surface area contributed by atoms with Crippen LogP contribution in [0.2, 0.25) is 0 Å². The number of rotatable bonds is 1. The average Bonchev–Trinajstić information content (AvgIpc) is 2.49.